The normalized spacial score (nSPS) is 14.3. The summed E-state index contributed by atoms with van der Waals surface area (Å²) in [6.07, 6.45) is 3.17. The third-order valence-electron chi connectivity index (χ3n) is 5.69. The summed E-state index contributed by atoms with van der Waals surface area (Å²) in [4.78, 5) is 18.9. The Morgan fingerprint density at radius 2 is 1.85 bits per heavy atom. The van der Waals surface area contributed by atoms with Gasteiger partial charge in [-0.3, -0.25) is 9.79 Å². The predicted molar refractivity (Wildman–Crippen MR) is 144 cm³/mol. The molecular weight excluding hydrogens is 531 g/mol. The molecule has 2 aromatic rings. The van der Waals surface area contributed by atoms with Gasteiger partial charge in [0.25, 0.3) is 0 Å². The fraction of sp³-hybridized carbons (Fsp3) is 0.440. The number of halogens is 1. The molecule has 0 saturated carbocycles. The zero-order valence-electron chi connectivity index (χ0n) is 19.7. The molecular formula is C25H35IN4O3. The molecule has 180 valence electrons. The average molecular weight is 566 g/mol. The number of amides is 1. The Hall–Kier alpha value is -2.49. The number of piperidine rings is 1. The van der Waals surface area contributed by atoms with E-state index in [0.29, 0.717) is 30.0 Å². The van der Waals surface area contributed by atoms with Gasteiger partial charge < -0.3 is 25.0 Å². The molecule has 7 nitrogen and oxygen atoms in total. The number of nitrogens with zero attached hydrogens (tertiary/aromatic N) is 2. The lowest BCUT2D eigenvalue weighted by molar-refractivity contribution is -0.131. The summed E-state index contributed by atoms with van der Waals surface area (Å²) in [6.45, 7) is 4.32. The van der Waals surface area contributed by atoms with Crippen molar-refractivity contribution in [2.45, 2.75) is 26.2 Å². The number of guanidine groups is 1. The number of hydrogen-bond acceptors (Lipinski definition) is 4. The maximum Gasteiger partial charge on any atom is 0.241 e. The monoisotopic (exact) mass is 566 g/mol. The Balaban J connectivity index is 0.00000385. The van der Waals surface area contributed by atoms with Crippen molar-refractivity contribution in [1.82, 2.24) is 10.2 Å². The van der Waals surface area contributed by atoms with Crippen LogP contribution in [0, 0.1) is 5.92 Å². The van der Waals surface area contributed by atoms with Crippen LogP contribution in [0.4, 0.5) is 5.69 Å². The molecule has 1 heterocycles. The molecule has 1 amide bonds. The number of benzene rings is 2. The Bertz CT molecular complexity index is 900. The van der Waals surface area contributed by atoms with Gasteiger partial charge in [-0.25, -0.2) is 0 Å². The fourth-order valence-corrected chi connectivity index (χ4v) is 3.94. The molecule has 0 radical (unpaired) electrons. The first-order valence-electron chi connectivity index (χ1n) is 11.2. The lowest BCUT2D eigenvalue weighted by Gasteiger charge is -2.32. The van der Waals surface area contributed by atoms with Crippen LogP contribution >= 0.6 is 24.0 Å². The number of methoxy groups -OCH3 is 1. The fourth-order valence-electron chi connectivity index (χ4n) is 3.94. The number of nitrogens with one attached hydrogen (secondary N) is 2. The molecule has 33 heavy (non-hydrogen) atoms. The highest BCUT2D eigenvalue weighted by Crippen LogP contribution is 2.30. The van der Waals surface area contributed by atoms with Crippen molar-refractivity contribution in [3.8, 4) is 11.5 Å². The van der Waals surface area contributed by atoms with Crippen LogP contribution in [0.5, 0.6) is 11.5 Å². The van der Waals surface area contributed by atoms with E-state index < -0.39 is 0 Å². The highest BCUT2D eigenvalue weighted by atomic mass is 127. The number of likely N-dealkylation sites (tertiary alicyclic amines) is 1. The number of aliphatic imine (C=N–C) groups is 1. The van der Waals surface area contributed by atoms with Gasteiger partial charge in [0.1, 0.15) is 0 Å². The molecule has 0 aliphatic carbocycles. The van der Waals surface area contributed by atoms with Gasteiger partial charge in [0, 0.05) is 31.9 Å². The third-order valence-corrected chi connectivity index (χ3v) is 5.69. The second kappa shape index (κ2) is 13.9. The number of carbonyl (C=O) groups is 1. The summed E-state index contributed by atoms with van der Waals surface area (Å²) >= 11 is 0. The van der Waals surface area contributed by atoms with Crippen LogP contribution in [-0.4, -0.2) is 57.2 Å². The maximum atomic E-state index is 12.7. The highest BCUT2D eigenvalue weighted by Gasteiger charge is 2.23. The van der Waals surface area contributed by atoms with Crippen LogP contribution in [0.15, 0.2) is 53.5 Å². The van der Waals surface area contributed by atoms with Gasteiger partial charge >= 0.3 is 0 Å². The van der Waals surface area contributed by atoms with Crippen LogP contribution in [-0.2, 0) is 11.2 Å². The van der Waals surface area contributed by atoms with Crippen molar-refractivity contribution >= 4 is 41.5 Å². The number of anilines is 1. The number of ether oxygens (including phenoxy) is 2. The van der Waals surface area contributed by atoms with E-state index in [1.165, 1.54) is 5.56 Å². The van der Waals surface area contributed by atoms with Gasteiger partial charge in [-0.15, -0.1) is 24.0 Å². The Morgan fingerprint density at radius 1 is 1.12 bits per heavy atom. The molecule has 0 bridgehead atoms. The van der Waals surface area contributed by atoms with Crippen molar-refractivity contribution < 1.29 is 14.3 Å². The van der Waals surface area contributed by atoms with Crippen molar-refractivity contribution in [3.05, 3.63) is 54.1 Å². The summed E-state index contributed by atoms with van der Waals surface area (Å²) in [5, 5.41) is 6.32. The quantitative estimate of drug-likeness (QED) is 0.285. The molecule has 2 N–H and O–H groups in total. The number of rotatable bonds is 8. The Kier molecular flexibility index (Phi) is 11.3. The summed E-state index contributed by atoms with van der Waals surface area (Å²) in [5.74, 6) is 2.59. The van der Waals surface area contributed by atoms with E-state index in [1.54, 1.807) is 14.2 Å². The minimum atomic E-state index is 0. The highest BCUT2D eigenvalue weighted by molar-refractivity contribution is 14.0. The van der Waals surface area contributed by atoms with Crippen LogP contribution < -0.4 is 20.1 Å². The minimum Gasteiger partial charge on any atom is -0.493 e. The third kappa shape index (κ3) is 8.10. The van der Waals surface area contributed by atoms with Crippen molar-refractivity contribution in [1.29, 1.82) is 0 Å². The van der Waals surface area contributed by atoms with Gasteiger partial charge in [0.15, 0.2) is 17.5 Å². The van der Waals surface area contributed by atoms with E-state index in [0.717, 1.165) is 38.0 Å². The smallest absolute Gasteiger partial charge is 0.241 e. The predicted octanol–water partition coefficient (Wildman–Crippen LogP) is 4.18. The SMILES string of the molecule is CCOc1ccc(NC(=NC)NCC(=O)N2CCC(Cc3ccccc3)CC2)cc1OC.I. The molecule has 0 spiro atoms. The maximum absolute atomic E-state index is 12.7. The van der Waals surface area contributed by atoms with Gasteiger partial charge in [0.2, 0.25) is 5.91 Å². The van der Waals surface area contributed by atoms with Crippen LogP contribution in [0.25, 0.3) is 0 Å². The van der Waals surface area contributed by atoms with Gasteiger partial charge in [-0.2, -0.15) is 0 Å². The second-order valence-corrected chi connectivity index (χ2v) is 7.86. The molecule has 1 saturated heterocycles. The van der Waals surface area contributed by atoms with Crippen molar-refractivity contribution in [2.24, 2.45) is 10.9 Å². The van der Waals surface area contributed by atoms with E-state index in [2.05, 4.69) is 39.9 Å². The first-order chi connectivity index (χ1) is 15.6. The topological polar surface area (TPSA) is 75.2 Å². The lowest BCUT2D eigenvalue weighted by Crippen LogP contribution is -2.45. The van der Waals surface area contributed by atoms with E-state index >= 15 is 0 Å². The molecule has 1 fully saturated rings. The summed E-state index contributed by atoms with van der Waals surface area (Å²) < 4.78 is 10.9. The van der Waals surface area contributed by atoms with Crippen molar-refractivity contribution in [3.63, 3.8) is 0 Å². The molecule has 2 aromatic carbocycles. The number of hydrogen-bond donors (Lipinski definition) is 2. The minimum absolute atomic E-state index is 0. The molecule has 1 aliphatic rings. The average Bonchev–Trinajstić information content (AvgIpc) is 2.83. The molecule has 3 rings (SSSR count). The van der Waals surface area contributed by atoms with Gasteiger partial charge in [-0.05, 0) is 49.8 Å². The second-order valence-electron chi connectivity index (χ2n) is 7.86. The van der Waals surface area contributed by atoms with Gasteiger partial charge in [-0.1, -0.05) is 30.3 Å². The zero-order valence-corrected chi connectivity index (χ0v) is 22.0. The van der Waals surface area contributed by atoms with E-state index in [9.17, 15) is 4.79 Å². The largest absolute Gasteiger partial charge is 0.493 e. The van der Waals surface area contributed by atoms with Crippen molar-refractivity contribution in [2.75, 3.05) is 45.7 Å². The summed E-state index contributed by atoms with van der Waals surface area (Å²) in [5.41, 5.74) is 2.17. The molecule has 8 heteroatoms. The summed E-state index contributed by atoms with van der Waals surface area (Å²) in [6, 6.07) is 16.2. The molecule has 0 atom stereocenters. The van der Waals surface area contributed by atoms with Gasteiger partial charge in [0.05, 0.1) is 20.3 Å². The molecule has 1 aliphatic heterocycles. The van der Waals surface area contributed by atoms with Crippen LogP contribution in [0.1, 0.15) is 25.3 Å². The Morgan fingerprint density at radius 3 is 2.48 bits per heavy atom. The molecule has 0 unspecified atom stereocenters. The number of carbonyl (C=O) groups excluding carboxylic acids is 1. The first-order valence-corrected chi connectivity index (χ1v) is 11.2. The van der Waals surface area contributed by atoms with E-state index in [1.807, 2.05) is 36.1 Å². The standard InChI is InChI=1S/C25H34N4O3.HI/c1-4-32-22-11-10-21(17-23(22)31-3)28-25(26-2)27-18-24(30)29-14-12-20(13-15-29)16-19-8-6-5-7-9-19;/h5-11,17,20H,4,12-16,18H2,1-3H3,(H2,26,27,28);1H. The van der Waals surface area contributed by atoms with E-state index in [-0.39, 0.29) is 36.4 Å². The van der Waals surface area contributed by atoms with Crippen LogP contribution in [0.3, 0.4) is 0 Å². The zero-order chi connectivity index (χ0) is 22.8. The summed E-state index contributed by atoms with van der Waals surface area (Å²) in [7, 11) is 3.29. The molecule has 0 aromatic heterocycles. The van der Waals surface area contributed by atoms with E-state index in [4.69, 9.17) is 9.47 Å². The lowest BCUT2D eigenvalue weighted by atomic mass is 9.90. The van der Waals surface area contributed by atoms with Crippen LogP contribution in [0.2, 0.25) is 0 Å². The first kappa shape index (κ1) is 26.8. The Labute approximate surface area is 214 Å².